The van der Waals surface area contributed by atoms with Gasteiger partial charge in [0.1, 0.15) is 0 Å². The molecule has 21 heavy (non-hydrogen) atoms. The van der Waals surface area contributed by atoms with Gasteiger partial charge in [-0.3, -0.25) is 4.68 Å². The Kier molecular flexibility index (Phi) is 4.35. The Bertz CT molecular complexity index is 506. The van der Waals surface area contributed by atoms with Gasteiger partial charge in [0.05, 0.1) is 17.3 Å². The SMILES string of the molecule is Cc1nn(C2CCOC3(CCSC3)C2)c(C)c1CC(C)N. The average molecular weight is 309 g/mol. The molecule has 3 heterocycles. The zero-order valence-electron chi connectivity index (χ0n) is 13.4. The molecule has 0 radical (unpaired) electrons. The number of hydrogen-bond donors (Lipinski definition) is 1. The summed E-state index contributed by atoms with van der Waals surface area (Å²) < 4.78 is 8.40. The third kappa shape index (κ3) is 3.01. The second kappa shape index (κ2) is 5.94. The molecule has 1 aromatic heterocycles. The molecular formula is C16H27N3OS. The fraction of sp³-hybridized carbons (Fsp3) is 0.812. The Morgan fingerprint density at radius 2 is 2.33 bits per heavy atom. The van der Waals surface area contributed by atoms with Crippen molar-refractivity contribution in [1.82, 2.24) is 9.78 Å². The number of hydrogen-bond acceptors (Lipinski definition) is 4. The molecule has 1 aromatic rings. The second-order valence-corrected chi connectivity index (χ2v) is 7.86. The summed E-state index contributed by atoms with van der Waals surface area (Å²) in [5, 5.41) is 4.84. The van der Waals surface area contributed by atoms with E-state index in [1.807, 2.05) is 11.8 Å². The van der Waals surface area contributed by atoms with Crippen LogP contribution in [0, 0.1) is 13.8 Å². The molecule has 4 nitrogen and oxygen atoms in total. The van der Waals surface area contributed by atoms with Gasteiger partial charge in [-0.25, -0.2) is 0 Å². The number of aryl methyl sites for hydroxylation is 1. The molecule has 0 aromatic carbocycles. The number of rotatable bonds is 3. The molecule has 1 spiro atoms. The van der Waals surface area contributed by atoms with Crippen molar-refractivity contribution >= 4 is 11.8 Å². The minimum Gasteiger partial charge on any atom is -0.374 e. The minimum atomic E-state index is 0.112. The molecule has 5 heteroatoms. The third-order valence-corrected chi connectivity index (χ3v) is 6.10. The lowest BCUT2D eigenvalue weighted by Gasteiger charge is -2.38. The molecule has 0 aliphatic carbocycles. The van der Waals surface area contributed by atoms with Crippen molar-refractivity contribution in [2.75, 3.05) is 18.1 Å². The van der Waals surface area contributed by atoms with Crippen LogP contribution in [0.3, 0.4) is 0 Å². The lowest BCUT2D eigenvalue weighted by Crippen LogP contribution is -2.41. The largest absolute Gasteiger partial charge is 0.374 e. The van der Waals surface area contributed by atoms with Gasteiger partial charge >= 0.3 is 0 Å². The Morgan fingerprint density at radius 3 is 3.00 bits per heavy atom. The van der Waals surface area contributed by atoms with E-state index in [1.54, 1.807) is 0 Å². The maximum absolute atomic E-state index is 6.14. The first-order valence-corrected chi connectivity index (χ1v) is 9.18. The van der Waals surface area contributed by atoms with E-state index < -0.39 is 0 Å². The summed E-state index contributed by atoms with van der Waals surface area (Å²) in [6.07, 6.45) is 4.30. The summed E-state index contributed by atoms with van der Waals surface area (Å²) in [7, 11) is 0. The summed E-state index contributed by atoms with van der Waals surface area (Å²) in [5.41, 5.74) is 9.88. The van der Waals surface area contributed by atoms with Crippen LogP contribution in [-0.4, -0.2) is 39.5 Å². The van der Waals surface area contributed by atoms with Crippen molar-refractivity contribution in [3.8, 4) is 0 Å². The topological polar surface area (TPSA) is 53.1 Å². The van der Waals surface area contributed by atoms with Crippen LogP contribution >= 0.6 is 11.8 Å². The van der Waals surface area contributed by atoms with E-state index in [1.165, 1.54) is 23.4 Å². The van der Waals surface area contributed by atoms with Crippen molar-refractivity contribution in [1.29, 1.82) is 0 Å². The molecule has 2 fully saturated rings. The maximum atomic E-state index is 6.14. The average Bonchev–Trinajstić information content (AvgIpc) is 2.98. The predicted molar refractivity (Wildman–Crippen MR) is 88.0 cm³/mol. The first-order valence-electron chi connectivity index (χ1n) is 8.03. The Labute approximate surface area is 131 Å². The van der Waals surface area contributed by atoms with Gasteiger partial charge in [-0.2, -0.15) is 16.9 Å². The van der Waals surface area contributed by atoms with Crippen molar-refractivity contribution < 1.29 is 4.74 Å². The predicted octanol–water partition coefficient (Wildman–Crippen LogP) is 2.62. The van der Waals surface area contributed by atoms with Gasteiger partial charge in [0.15, 0.2) is 0 Å². The fourth-order valence-electron chi connectivity index (χ4n) is 3.74. The van der Waals surface area contributed by atoms with E-state index in [2.05, 4.69) is 25.5 Å². The molecule has 118 valence electrons. The van der Waals surface area contributed by atoms with Crippen LogP contribution in [0.5, 0.6) is 0 Å². The standard InChI is InChI=1S/C16H27N3OS/c1-11(17)8-15-12(2)18-19(13(15)3)14-4-6-20-16(9-14)5-7-21-10-16/h11,14H,4-10,17H2,1-3H3. The zero-order valence-corrected chi connectivity index (χ0v) is 14.2. The van der Waals surface area contributed by atoms with Crippen molar-refractivity contribution in [3.63, 3.8) is 0 Å². The first kappa shape index (κ1) is 15.4. The van der Waals surface area contributed by atoms with Gasteiger partial charge in [0.2, 0.25) is 0 Å². The summed E-state index contributed by atoms with van der Waals surface area (Å²) in [5.74, 6) is 2.38. The zero-order chi connectivity index (χ0) is 15.0. The van der Waals surface area contributed by atoms with Crippen LogP contribution in [0.1, 0.15) is 49.2 Å². The number of nitrogens with two attached hydrogens (primary N) is 1. The molecule has 2 aliphatic rings. The van der Waals surface area contributed by atoms with E-state index in [9.17, 15) is 0 Å². The molecule has 0 bridgehead atoms. The first-order chi connectivity index (χ1) is 10.0. The van der Waals surface area contributed by atoms with Gasteiger partial charge in [-0.15, -0.1) is 0 Å². The van der Waals surface area contributed by atoms with Crippen LogP contribution in [-0.2, 0) is 11.2 Å². The summed E-state index contributed by atoms with van der Waals surface area (Å²) in [6, 6.07) is 0.672. The number of ether oxygens (including phenoxy) is 1. The maximum Gasteiger partial charge on any atom is 0.0800 e. The van der Waals surface area contributed by atoms with Gasteiger partial charge in [0.25, 0.3) is 0 Å². The van der Waals surface area contributed by atoms with E-state index in [4.69, 9.17) is 15.6 Å². The Hall–Kier alpha value is -0.520. The minimum absolute atomic E-state index is 0.112. The van der Waals surface area contributed by atoms with Crippen LogP contribution < -0.4 is 5.73 Å². The Morgan fingerprint density at radius 1 is 1.52 bits per heavy atom. The van der Waals surface area contributed by atoms with E-state index in [0.29, 0.717) is 6.04 Å². The lowest BCUT2D eigenvalue weighted by molar-refractivity contribution is -0.0781. The highest BCUT2D eigenvalue weighted by Crippen LogP contribution is 2.42. The molecule has 3 atom stereocenters. The van der Waals surface area contributed by atoms with Crippen molar-refractivity contribution in [3.05, 3.63) is 17.0 Å². The van der Waals surface area contributed by atoms with E-state index in [-0.39, 0.29) is 11.6 Å². The highest BCUT2D eigenvalue weighted by molar-refractivity contribution is 7.99. The number of aromatic nitrogens is 2. The van der Waals surface area contributed by atoms with Crippen molar-refractivity contribution in [2.24, 2.45) is 5.73 Å². The third-order valence-electron chi connectivity index (χ3n) is 4.88. The summed E-state index contributed by atoms with van der Waals surface area (Å²) in [4.78, 5) is 0. The second-order valence-electron chi connectivity index (χ2n) is 6.76. The lowest BCUT2D eigenvalue weighted by atomic mass is 9.90. The van der Waals surface area contributed by atoms with E-state index >= 15 is 0 Å². The Balaban J connectivity index is 1.83. The quantitative estimate of drug-likeness (QED) is 0.932. The molecule has 2 N–H and O–H groups in total. The highest BCUT2D eigenvalue weighted by Gasteiger charge is 2.41. The van der Waals surface area contributed by atoms with Crippen LogP contribution in [0.4, 0.5) is 0 Å². The molecule has 3 unspecified atom stereocenters. The highest BCUT2D eigenvalue weighted by atomic mass is 32.2. The summed E-state index contributed by atoms with van der Waals surface area (Å²) >= 11 is 2.03. The van der Waals surface area contributed by atoms with Gasteiger partial charge in [-0.1, -0.05) is 0 Å². The fourth-order valence-corrected chi connectivity index (χ4v) is 5.12. The van der Waals surface area contributed by atoms with Crippen molar-refractivity contribution in [2.45, 2.75) is 64.1 Å². The van der Waals surface area contributed by atoms with Crippen LogP contribution in [0.15, 0.2) is 0 Å². The molecule has 0 amide bonds. The molecule has 0 saturated carbocycles. The van der Waals surface area contributed by atoms with Gasteiger partial charge in [0, 0.05) is 24.1 Å². The molecule has 2 saturated heterocycles. The van der Waals surface area contributed by atoms with Crippen LogP contribution in [0.2, 0.25) is 0 Å². The van der Waals surface area contributed by atoms with Gasteiger partial charge in [-0.05, 0) is 57.8 Å². The molecule has 2 aliphatic heterocycles. The van der Waals surface area contributed by atoms with Gasteiger partial charge < -0.3 is 10.5 Å². The number of nitrogens with zero attached hydrogens (tertiary/aromatic N) is 2. The smallest absolute Gasteiger partial charge is 0.0800 e. The van der Waals surface area contributed by atoms with E-state index in [0.717, 1.165) is 37.3 Å². The summed E-state index contributed by atoms with van der Waals surface area (Å²) in [6.45, 7) is 7.24. The molecule has 3 rings (SSSR count). The normalized spacial score (nSPS) is 31.0. The molecular weight excluding hydrogens is 282 g/mol. The van der Waals surface area contributed by atoms with Crippen LogP contribution in [0.25, 0.3) is 0 Å². The monoisotopic (exact) mass is 309 g/mol. The number of thioether (sulfide) groups is 1.